The molecule has 0 spiro atoms. The van der Waals surface area contributed by atoms with Crippen molar-refractivity contribution in [3.05, 3.63) is 51.8 Å². The second kappa shape index (κ2) is 6.39. The molecule has 0 fully saturated rings. The van der Waals surface area contributed by atoms with Gasteiger partial charge in [0.15, 0.2) is 0 Å². The van der Waals surface area contributed by atoms with E-state index in [9.17, 15) is 9.59 Å². The van der Waals surface area contributed by atoms with Crippen molar-refractivity contribution < 1.29 is 9.21 Å². The highest BCUT2D eigenvalue weighted by molar-refractivity contribution is 5.92. The molecular weight excluding hydrogens is 270 g/mol. The molecule has 21 heavy (non-hydrogen) atoms. The van der Waals surface area contributed by atoms with E-state index in [1.54, 1.807) is 0 Å². The van der Waals surface area contributed by atoms with Crippen molar-refractivity contribution in [1.29, 1.82) is 0 Å². The van der Waals surface area contributed by atoms with Gasteiger partial charge in [0, 0.05) is 12.6 Å². The number of hydrogen-bond acceptors (Lipinski definition) is 4. The van der Waals surface area contributed by atoms with Gasteiger partial charge in [0.1, 0.15) is 17.2 Å². The van der Waals surface area contributed by atoms with Gasteiger partial charge in [-0.3, -0.25) is 9.59 Å². The zero-order valence-corrected chi connectivity index (χ0v) is 12.4. The molecule has 2 heterocycles. The first-order valence-corrected chi connectivity index (χ1v) is 6.96. The van der Waals surface area contributed by atoms with E-state index in [0.717, 1.165) is 12.2 Å². The van der Waals surface area contributed by atoms with Crippen LogP contribution in [0.1, 0.15) is 48.3 Å². The van der Waals surface area contributed by atoms with Crippen LogP contribution in [0.25, 0.3) is 0 Å². The second-order valence-electron chi connectivity index (χ2n) is 4.92. The fourth-order valence-corrected chi connectivity index (χ4v) is 1.97. The molecular formula is C15H19N3O3. The van der Waals surface area contributed by atoms with Crippen LogP contribution in [0.2, 0.25) is 0 Å². The number of furan rings is 1. The Bertz CT molecular complexity index is 687. The summed E-state index contributed by atoms with van der Waals surface area (Å²) in [6.45, 7) is 6.12. The zero-order valence-electron chi connectivity index (χ0n) is 12.4. The van der Waals surface area contributed by atoms with Gasteiger partial charge in [-0.25, -0.2) is 4.68 Å². The van der Waals surface area contributed by atoms with Crippen molar-refractivity contribution in [2.45, 2.75) is 39.8 Å². The first kappa shape index (κ1) is 15.0. The molecule has 1 unspecified atom stereocenters. The summed E-state index contributed by atoms with van der Waals surface area (Å²) in [5.41, 5.74) is 0.0151. The monoisotopic (exact) mass is 289 g/mol. The molecule has 1 atom stereocenters. The fraction of sp³-hybridized carbons (Fsp3) is 0.400. The van der Waals surface area contributed by atoms with Crippen LogP contribution >= 0.6 is 0 Å². The molecule has 0 aromatic carbocycles. The van der Waals surface area contributed by atoms with E-state index in [4.69, 9.17) is 4.42 Å². The minimum atomic E-state index is -0.332. The van der Waals surface area contributed by atoms with Crippen LogP contribution in [0.15, 0.2) is 33.5 Å². The second-order valence-corrected chi connectivity index (χ2v) is 4.92. The summed E-state index contributed by atoms with van der Waals surface area (Å²) in [5.74, 6) is 1.14. The van der Waals surface area contributed by atoms with Crippen LogP contribution in [0.3, 0.4) is 0 Å². The Kier molecular flexibility index (Phi) is 4.57. The normalized spacial score (nSPS) is 12.1. The smallest absolute Gasteiger partial charge is 0.272 e. The van der Waals surface area contributed by atoms with Gasteiger partial charge in [-0.2, -0.15) is 5.10 Å². The molecule has 0 aliphatic rings. The Morgan fingerprint density at radius 2 is 2.14 bits per heavy atom. The molecule has 1 amide bonds. The third kappa shape index (κ3) is 3.59. The third-order valence-electron chi connectivity index (χ3n) is 3.07. The van der Waals surface area contributed by atoms with E-state index in [2.05, 4.69) is 10.4 Å². The minimum Gasteiger partial charge on any atom is -0.464 e. The van der Waals surface area contributed by atoms with Crippen molar-refractivity contribution in [3.63, 3.8) is 0 Å². The van der Waals surface area contributed by atoms with Crippen LogP contribution in [0.5, 0.6) is 0 Å². The van der Waals surface area contributed by atoms with Gasteiger partial charge >= 0.3 is 0 Å². The van der Waals surface area contributed by atoms with Crippen LogP contribution in [0.4, 0.5) is 0 Å². The van der Waals surface area contributed by atoms with Crippen LogP contribution in [0, 0.1) is 6.92 Å². The van der Waals surface area contributed by atoms with Gasteiger partial charge in [0.05, 0.1) is 6.04 Å². The van der Waals surface area contributed by atoms with Gasteiger partial charge in [0.2, 0.25) is 0 Å². The number of amides is 1. The van der Waals surface area contributed by atoms with Gasteiger partial charge in [0.25, 0.3) is 11.5 Å². The lowest BCUT2D eigenvalue weighted by molar-refractivity contribution is 0.0927. The van der Waals surface area contributed by atoms with Crippen molar-refractivity contribution in [2.24, 2.45) is 0 Å². The number of nitrogens with zero attached hydrogens (tertiary/aromatic N) is 2. The topological polar surface area (TPSA) is 77.1 Å². The van der Waals surface area contributed by atoms with Gasteiger partial charge in [-0.1, -0.05) is 6.92 Å². The molecule has 0 bridgehead atoms. The number of nitrogens with one attached hydrogen (secondary N) is 1. The molecule has 2 aromatic rings. The molecule has 1 N–H and O–H groups in total. The third-order valence-corrected chi connectivity index (χ3v) is 3.07. The predicted octanol–water partition coefficient (Wildman–Crippen LogP) is 2.05. The van der Waals surface area contributed by atoms with Crippen molar-refractivity contribution >= 4 is 5.91 Å². The maximum atomic E-state index is 12.2. The van der Waals surface area contributed by atoms with Gasteiger partial charge in [-0.15, -0.1) is 0 Å². The number of hydrogen-bond donors (Lipinski definition) is 1. The highest BCUT2D eigenvalue weighted by Crippen LogP contribution is 2.15. The summed E-state index contributed by atoms with van der Waals surface area (Å²) in [7, 11) is 0. The van der Waals surface area contributed by atoms with E-state index in [0.29, 0.717) is 12.3 Å². The molecule has 6 heteroatoms. The molecule has 2 rings (SSSR count). The lowest BCUT2D eigenvalue weighted by Gasteiger charge is -2.11. The Balaban J connectivity index is 2.13. The molecule has 2 aromatic heterocycles. The maximum absolute atomic E-state index is 12.2. The van der Waals surface area contributed by atoms with Gasteiger partial charge < -0.3 is 9.73 Å². The van der Waals surface area contributed by atoms with Crippen molar-refractivity contribution in [2.75, 3.05) is 0 Å². The lowest BCUT2D eigenvalue weighted by atomic mass is 10.2. The molecule has 0 radical (unpaired) electrons. The molecule has 6 nitrogen and oxygen atoms in total. The SMILES string of the molecule is CCCn1nc(C(=O)NC(C)c2ccc(C)o2)ccc1=O. The summed E-state index contributed by atoms with van der Waals surface area (Å²) >= 11 is 0. The summed E-state index contributed by atoms with van der Waals surface area (Å²) in [5, 5.41) is 6.88. The average molecular weight is 289 g/mol. The number of rotatable bonds is 5. The highest BCUT2D eigenvalue weighted by Gasteiger charge is 2.15. The van der Waals surface area contributed by atoms with E-state index in [1.807, 2.05) is 32.9 Å². The van der Waals surface area contributed by atoms with E-state index in [-0.39, 0.29) is 23.2 Å². The van der Waals surface area contributed by atoms with E-state index >= 15 is 0 Å². The Labute approximate surface area is 122 Å². The molecule has 0 aliphatic carbocycles. The first-order valence-electron chi connectivity index (χ1n) is 6.96. The predicted molar refractivity (Wildman–Crippen MR) is 78.1 cm³/mol. The summed E-state index contributed by atoms with van der Waals surface area (Å²) in [6.07, 6.45) is 0.778. The summed E-state index contributed by atoms with van der Waals surface area (Å²) < 4.78 is 6.78. The molecule has 0 saturated carbocycles. The van der Waals surface area contributed by atoms with E-state index in [1.165, 1.54) is 16.8 Å². The van der Waals surface area contributed by atoms with Crippen LogP contribution in [-0.2, 0) is 6.54 Å². The number of aryl methyl sites for hydroxylation is 2. The quantitative estimate of drug-likeness (QED) is 0.913. The average Bonchev–Trinajstić information content (AvgIpc) is 2.88. The van der Waals surface area contributed by atoms with E-state index < -0.39 is 0 Å². The standard InChI is InChI=1S/C15H19N3O3/c1-4-9-18-14(19)8-6-12(17-18)15(20)16-11(3)13-7-5-10(2)21-13/h5-8,11H,4,9H2,1-3H3,(H,16,20). The van der Waals surface area contributed by atoms with Crippen molar-refractivity contribution in [3.8, 4) is 0 Å². The van der Waals surface area contributed by atoms with Crippen LogP contribution in [-0.4, -0.2) is 15.7 Å². The van der Waals surface area contributed by atoms with Crippen molar-refractivity contribution in [1.82, 2.24) is 15.1 Å². The molecule has 0 aliphatic heterocycles. The Hall–Kier alpha value is -2.37. The number of carbonyl (C=O) groups excluding carboxylic acids is 1. The Morgan fingerprint density at radius 3 is 2.76 bits per heavy atom. The highest BCUT2D eigenvalue weighted by atomic mass is 16.3. The van der Waals surface area contributed by atoms with Crippen LogP contribution < -0.4 is 10.9 Å². The lowest BCUT2D eigenvalue weighted by Crippen LogP contribution is -2.31. The minimum absolute atomic E-state index is 0.205. The molecule has 112 valence electrons. The maximum Gasteiger partial charge on any atom is 0.272 e. The first-order chi connectivity index (χ1) is 10.0. The molecule has 0 saturated heterocycles. The largest absolute Gasteiger partial charge is 0.464 e. The number of carbonyl (C=O) groups is 1. The number of aromatic nitrogens is 2. The zero-order chi connectivity index (χ0) is 15.4. The Morgan fingerprint density at radius 1 is 1.38 bits per heavy atom. The van der Waals surface area contributed by atoms with Gasteiger partial charge in [-0.05, 0) is 38.5 Å². The summed E-state index contributed by atoms with van der Waals surface area (Å²) in [4.78, 5) is 23.8. The fourth-order valence-electron chi connectivity index (χ4n) is 1.97. The summed E-state index contributed by atoms with van der Waals surface area (Å²) in [6, 6.07) is 6.20.